The van der Waals surface area contributed by atoms with Gasteiger partial charge in [-0.1, -0.05) is 36.9 Å². The standard InChI is InChI=1S/C13H15BO3/c1-10-13(17-14)7-12(16-10)9-15-8-11-5-3-2-4-6-11/h2-6,12-13H,1,7-9H2/t12?,13-/m1/s1. The van der Waals surface area contributed by atoms with Gasteiger partial charge >= 0.3 is 0 Å². The molecular formula is C13H15BO3. The van der Waals surface area contributed by atoms with E-state index in [4.69, 9.17) is 22.2 Å². The van der Waals surface area contributed by atoms with Crippen LogP contribution in [-0.2, 0) is 20.7 Å². The lowest BCUT2D eigenvalue weighted by Crippen LogP contribution is -2.15. The highest BCUT2D eigenvalue weighted by Gasteiger charge is 2.29. The van der Waals surface area contributed by atoms with Crippen molar-refractivity contribution in [3.05, 3.63) is 48.2 Å². The van der Waals surface area contributed by atoms with Crippen LogP contribution in [0.1, 0.15) is 12.0 Å². The molecular weight excluding hydrogens is 215 g/mol. The van der Waals surface area contributed by atoms with Crippen LogP contribution in [0.15, 0.2) is 42.7 Å². The topological polar surface area (TPSA) is 27.7 Å². The molecule has 1 fully saturated rings. The Morgan fingerprint density at radius 3 is 2.76 bits per heavy atom. The van der Waals surface area contributed by atoms with Gasteiger partial charge in [0.1, 0.15) is 11.9 Å². The van der Waals surface area contributed by atoms with E-state index in [0.717, 1.165) is 5.56 Å². The van der Waals surface area contributed by atoms with Crippen LogP contribution in [0.2, 0.25) is 0 Å². The zero-order valence-corrected chi connectivity index (χ0v) is 9.67. The van der Waals surface area contributed by atoms with Crippen molar-refractivity contribution in [3.63, 3.8) is 0 Å². The van der Waals surface area contributed by atoms with Crippen molar-refractivity contribution in [2.75, 3.05) is 6.61 Å². The Balaban J connectivity index is 1.72. The highest BCUT2D eigenvalue weighted by Crippen LogP contribution is 2.24. The lowest BCUT2D eigenvalue weighted by Gasteiger charge is -2.10. The van der Waals surface area contributed by atoms with Gasteiger partial charge in [0.15, 0.2) is 0 Å². The normalized spacial score (nSPS) is 23.6. The molecule has 2 rings (SSSR count). The molecule has 1 heterocycles. The van der Waals surface area contributed by atoms with Crippen LogP contribution in [0, 0.1) is 0 Å². The maximum absolute atomic E-state index is 5.58. The largest absolute Gasteiger partial charge is 0.490 e. The van der Waals surface area contributed by atoms with Gasteiger partial charge in [-0.05, 0) is 5.56 Å². The molecule has 3 nitrogen and oxygen atoms in total. The molecule has 2 atom stereocenters. The molecule has 2 radical (unpaired) electrons. The van der Waals surface area contributed by atoms with E-state index in [-0.39, 0.29) is 12.2 Å². The fraction of sp³-hybridized carbons (Fsp3) is 0.385. The molecule has 0 N–H and O–H groups in total. The van der Waals surface area contributed by atoms with E-state index in [2.05, 4.69) is 6.58 Å². The molecule has 1 aromatic rings. The quantitative estimate of drug-likeness (QED) is 0.724. The van der Waals surface area contributed by atoms with E-state index in [0.29, 0.717) is 25.4 Å². The second-order valence-electron chi connectivity index (χ2n) is 4.07. The summed E-state index contributed by atoms with van der Waals surface area (Å²) in [6.45, 7) is 4.85. The Hall–Kier alpha value is -1.26. The molecule has 0 amide bonds. The van der Waals surface area contributed by atoms with Gasteiger partial charge in [-0.2, -0.15) is 0 Å². The molecule has 1 aliphatic heterocycles. The van der Waals surface area contributed by atoms with Crippen LogP contribution < -0.4 is 0 Å². The zero-order valence-electron chi connectivity index (χ0n) is 9.67. The van der Waals surface area contributed by atoms with Crippen molar-refractivity contribution in [1.82, 2.24) is 0 Å². The summed E-state index contributed by atoms with van der Waals surface area (Å²) >= 11 is 0. The minimum atomic E-state index is -0.208. The Bertz CT molecular complexity index is 366. The van der Waals surface area contributed by atoms with E-state index in [9.17, 15) is 0 Å². The molecule has 0 spiro atoms. The predicted molar refractivity (Wildman–Crippen MR) is 65.4 cm³/mol. The molecule has 0 aliphatic carbocycles. The van der Waals surface area contributed by atoms with Crippen LogP contribution in [0.3, 0.4) is 0 Å². The van der Waals surface area contributed by atoms with Gasteiger partial charge in [-0.3, -0.25) is 0 Å². The third kappa shape index (κ3) is 3.35. The summed E-state index contributed by atoms with van der Waals surface area (Å²) < 4.78 is 15.8. The Morgan fingerprint density at radius 2 is 2.12 bits per heavy atom. The van der Waals surface area contributed by atoms with Crippen molar-refractivity contribution >= 4 is 8.05 Å². The molecule has 4 heteroatoms. The highest BCUT2D eigenvalue weighted by molar-refractivity contribution is 5.98. The summed E-state index contributed by atoms with van der Waals surface area (Å²) in [5.74, 6) is 0.584. The highest BCUT2D eigenvalue weighted by atomic mass is 16.6. The number of hydrogen-bond acceptors (Lipinski definition) is 3. The summed E-state index contributed by atoms with van der Waals surface area (Å²) in [6.07, 6.45) is 0.476. The first-order valence-corrected chi connectivity index (χ1v) is 5.62. The van der Waals surface area contributed by atoms with Gasteiger partial charge < -0.3 is 14.1 Å². The SMILES string of the molecule is [B]O[C@@H]1CC(COCc2ccccc2)OC1=C. The summed E-state index contributed by atoms with van der Waals surface area (Å²) in [5, 5.41) is 0. The predicted octanol–water partition coefficient (Wildman–Crippen LogP) is 1.97. The van der Waals surface area contributed by atoms with E-state index in [1.807, 2.05) is 30.3 Å². The number of ether oxygens (including phenoxy) is 2. The summed E-state index contributed by atoms with van der Waals surface area (Å²) in [6, 6.07) is 10.0. The molecule has 0 bridgehead atoms. The molecule has 88 valence electrons. The third-order valence-corrected chi connectivity index (χ3v) is 2.73. The van der Waals surface area contributed by atoms with Crippen molar-refractivity contribution in [2.45, 2.75) is 25.2 Å². The summed E-state index contributed by atoms with van der Waals surface area (Å²) in [4.78, 5) is 0. The van der Waals surface area contributed by atoms with Crippen molar-refractivity contribution in [2.24, 2.45) is 0 Å². The Labute approximate surface area is 103 Å². The van der Waals surface area contributed by atoms with E-state index in [1.54, 1.807) is 0 Å². The van der Waals surface area contributed by atoms with Crippen molar-refractivity contribution < 1.29 is 14.1 Å². The number of hydrogen-bond donors (Lipinski definition) is 0. The second-order valence-corrected chi connectivity index (χ2v) is 4.07. The van der Waals surface area contributed by atoms with Crippen molar-refractivity contribution in [3.8, 4) is 0 Å². The van der Waals surface area contributed by atoms with Crippen LogP contribution in [0.4, 0.5) is 0 Å². The fourth-order valence-electron chi connectivity index (χ4n) is 1.82. The summed E-state index contributed by atoms with van der Waals surface area (Å²) in [5.41, 5.74) is 1.15. The van der Waals surface area contributed by atoms with Crippen molar-refractivity contribution in [1.29, 1.82) is 0 Å². The van der Waals surface area contributed by atoms with Gasteiger partial charge in [-0.15, -0.1) is 0 Å². The lowest BCUT2D eigenvalue weighted by molar-refractivity contribution is 0.0291. The lowest BCUT2D eigenvalue weighted by atomic mass is 10.2. The van der Waals surface area contributed by atoms with Crippen LogP contribution >= 0.6 is 0 Å². The first-order chi connectivity index (χ1) is 8.29. The van der Waals surface area contributed by atoms with Gasteiger partial charge in [-0.25, -0.2) is 0 Å². The maximum atomic E-state index is 5.58. The molecule has 1 aromatic carbocycles. The van der Waals surface area contributed by atoms with Gasteiger partial charge in [0.2, 0.25) is 0 Å². The van der Waals surface area contributed by atoms with Crippen LogP contribution in [0.25, 0.3) is 0 Å². The monoisotopic (exact) mass is 230 g/mol. The minimum absolute atomic E-state index is 0.0141. The molecule has 1 aliphatic rings. The maximum Gasteiger partial charge on any atom is 0.283 e. The van der Waals surface area contributed by atoms with Crippen LogP contribution in [0.5, 0.6) is 0 Å². The van der Waals surface area contributed by atoms with Gasteiger partial charge in [0.25, 0.3) is 8.05 Å². The first kappa shape index (κ1) is 12.2. The first-order valence-electron chi connectivity index (χ1n) is 5.62. The molecule has 1 unspecified atom stereocenters. The molecule has 0 aromatic heterocycles. The Morgan fingerprint density at radius 1 is 1.35 bits per heavy atom. The fourth-order valence-corrected chi connectivity index (χ4v) is 1.82. The number of rotatable bonds is 5. The Kier molecular flexibility index (Phi) is 4.23. The smallest absolute Gasteiger partial charge is 0.283 e. The summed E-state index contributed by atoms with van der Waals surface area (Å²) in [7, 11) is 5.12. The van der Waals surface area contributed by atoms with E-state index >= 15 is 0 Å². The average Bonchev–Trinajstić information content (AvgIpc) is 2.71. The second kappa shape index (κ2) is 5.89. The third-order valence-electron chi connectivity index (χ3n) is 2.73. The van der Waals surface area contributed by atoms with Crippen LogP contribution in [-0.4, -0.2) is 26.9 Å². The molecule has 17 heavy (non-hydrogen) atoms. The van der Waals surface area contributed by atoms with E-state index < -0.39 is 0 Å². The van der Waals surface area contributed by atoms with Gasteiger partial charge in [0, 0.05) is 6.42 Å². The number of benzene rings is 1. The molecule has 0 saturated carbocycles. The molecule has 1 saturated heterocycles. The average molecular weight is 230 g/mol. The van der Waals surface area contributed by atoms with E-state index in [1.165, 1.54) is 0 Å². The minimum Gasteiger partial charge on any atom is -0.490 e. The van der Waals surface area contributed by atoms with Gasteiger partial charge in [0.05, 0.1) is 19.3 Å². The zero-order chi connectivity index (χ0) is 12.1.